The number of hydrogen-bond acceptors (Lipinski definition) is 2. The van der Waals surface area contributed by atoms with Crippen LogP contribution in [-0.4, -0.2) is 18.4 Å². The molecule has 0 aliphatic carbocycles. The summed E-state index contributed by atoms with van der Waals surface area (Å²) in [7, 11) is 0. The summed E-state index contributed by atoms with van der Waals surface area (Å²) in [5.74, 6) is -0.490. The number of amides is 2. The number of hydrogen-bond donors (Lipinski definition) is 1. The molecule has 4 nitrogen and oxygen atoms in total. The Balaban J connectivity index is 1.71. The van der Waals surface area contributed by atoms with Gasteiger partial charge in [0, 0.05) is 23.8 Å². The van der Waals surface area contributed by atoms with Crippen molar-refractivity contribution in [1.29, 1.82) is 0 Å². The van der Waals surface area contributed by atoms with E-state index in [9.17, 15) is 9.59 Å². The lowest BCUT2D eigenvalue weighted by molar-refractivity contribution is -0.139. The van der Waals surface area contributed by atoms with E-state index in [-0.39, 0.29) is 11.8 Å². The topological polar surface area (TPSA) is 49.4 Å². The number of halogens is 1. The summed E-state index contributed by atoms with van der Waals surface area (Å²) in [6.45, 7) is 4.24. The molecule has 3 rings (SSSR count). The number of nitrogens with zero attached hydrogens (tertiary/aromatic N) is 1. The Labute approximate surface area is 152 Å². The van der Waals surface area contributed by atoms with Crippen molar-refractivity contribution in [3.8, 4) is 0 Å². The molecule has 1 heterocycles. The van der Waals surface area contributed by atoms with E-state index in [2.05, 4.69) is 5.32 Å². The van der Waals surface area contributed by atoms with Crippen molar-refractivity contribution in [1.82, 2.24) is 5.32 Å². The third-order valence-electron chi connectivity index (χ3n) is 4.63. The molecule has 2 aromatic rings. The van der Waals surface area contributed by atoms with Gasteiger partial charge in [-0.15, -0.1) is 0 Å². The average molecular weight is 357 g/mol. The number of anilines is 1. The summed E-state index contributed by atoms with van der Waals surface area (Å²) in [6, 6.07) is 15.2. The molecule has 0 aromatic heterocycles. The van der Waals surface area contributed by atoms with Crippen LogP contribution in [0.1, 0.15) is 25.0 Å². The van der Waals surface area contributed by atoms with E-state index >= 15 is 0 Å². The third kappa shape index (κ3) is 3.40. The molecule has 1 aliphatic heterocycles. The molecule has 0 fully saturated rings. The molecule has 0 saturated carbocycles. The van der Waals surface area contributed by atoms with Crippen LogP contribution in [0.25, 0.3) is 0 Å². The molecule has 130 valence electrons. The van der Waals surface area contributed by atoms with Crippen LogP contribution >= 0.6 is 11.6 Å². The molecule has 2 amide bonds. The van der Waals surface area contributed by atoms with Crippen molar-refractivity contribution >= 4 is 29.1 Å². The molecular weight excluding hydrogens is 336 g/mol. The highest BCUT2D eigenvalue weighted by molar-refractivity contribution is 6.31. The summed E-state index contributed by atoms with van der Waals surface area (Å²) in [5, 5.41) is 3.44. The maximum atomic E-state index is 13.0. The summed E-state index contributed by atoms with van der Waals surface area (Å²) < 4.78 is 0. The fourth-order valence-corrected chi connectivity index (χ4v) is 3.22. The van der Waals surface area contributed by atoms with Crippen LogP contribution in [0.2, 0.25) is 5.02 Å². The van der Waals surface area contributed by atoms with Crippen molar-refractivity contribution in [3.05, 3.63) is 64.7 Å². The number of fused-ring (bicyclic) bond motifs is 1. The first-order chi connectivity index (χ1) is 11.9. The SMILES string of the molecule is CC(C)(C(=O)NCc1ccccc1Cl)C(=O)N1CCc2ccccc21. The van der Waals surface area contributed by atoms with Crippen LogP contribution in [0.15, 0.2) is 48.5 Å². The van der Waals surface area contributed by atoms with Crippen LogP contribution in [0, 0.1) is 5.41 Å². The Bertz CT molecular complexity index is 817. The van der Waals surface area contributed by atoms with Gasteiger partial charge in [-0.3, -0.25) is 9.59 Å². The first-order valence-corrected chi connectivity index (χ1v) is 8.70. The molecule has 25 heavy (non-hydrogen) atoms. The number of carbonyl (C=O) groups excluding carboxylic acids is 2. The minimum absolute atomic E-state index is 0.186. The molecule has 0 unspecified atom stereocenters. The minimum Gasteiger partial charge on any atom is -0.351 e. The zero-order valence-electron chi connectivity index (χ0n) is 14.4. The van der Waals surface area contributed by atoms with E-state index in [1.807, 2.05) is 42.5 Å². The predicted molar refractivity (Wildman–Crippen MR) is 99.6 cm³/mol. The highest BCUT2D eigenvalue weighted by Gasteiger charge is 2.41. The third-order valence-corrected chi connectivity index (χ3v) is 5.00. The maximum Gasteiger partial charge on any atom is 0.242 e. The second-order valence-electron chi connectivity index (χ2n) is 6.73. The van der Waals surface area contributed by atoms with E-state index in [1.54, 1.807) is 24.8 Å². The second kappa shape index (κ2) is 6.89. The standard InChI is InChI=1S/C20H21ClN2O2/c1-20(2,18(24)22-13-15-8-3-5-9-16(15)21)19(25)23-12-11-14-7-4-6-10-17(14)23/h3-10H,11-13H2,1-2H3,(H,22,24). The number of para-hydroxylation sites is 1. The fourth-order valence-electron chi connectivity index (χ4n) is 3.02. The summed E-state index contributed by atoms with van der Waals surface area (Å²) in [6.07, 6.45) is 0.819. The Morgan fingerprint density at radius 2 is 1.80 bits per heavy atom. The Morgan fingerprint density at radius 1 is 1.12 bits per heavy atom. The lowest BCUT2D eigenvalue weighted by atomic mass is 9.90. The quantitative estimate of drug-likeness (QED) is 0.851. The largest absolute Gasteiger partial charge is 0.351 e. The van der Waals surface area contributed by atoms with Crippen molar-refractivity contribution in [3.63, 3.8) is 0 Å². The Morgan fingerprint density at radius 3 is 2.56 bits per heavy atom. The minimum atomic E-state index is -1.15. The zero-order valence-corrected chi connectivity index (χ0v) is 15.1. The van der Waals surface area contributed by atoms with Gasteiger partial charge in [0.2, 0.25) is 11.8 Å². The monoisotopic (exact) mass is 356 g/mol. The van der Waals surface area contributed by atoms with Crippen molar-refractivity contribution < 1.29 is 9.59 Å². The Hall–Kier alpha value is -2.33. The molecule has 0 spiro atoms. The maximum absolute atomic E-state index is 13.0. The van der Waals surface area contributed by atoms with Crippen LogP contribution < -0.4 is 10.2 Å². The molecule has 0 atom stereocenters. The first-order valence-electron chi connectivity index (χ1n) is 8.33. The molecule has 1 N–H and O–H groups in total. The van der Waals surface area contributed by atoms with Gasteiger partial charge in [-0.2, -0.15) is 0 Å². The normalized spacial score (nSPS) is 13.5. The van der Waals surface area contributed by atoms with Gasteiger partial charge in [-0.25, -0.2) is 0 Å². The number of carbonyl (C=O) groups is 2. The highest BCUT2D eigenvalue weighted by atomic mass is 35.5. The average Bonchev–Trinajstić information content (AvgIpc) is 3.04. The lowest BCUT2D eigenvalue weighted by Crippen LogP contribution is -2.49. The van der Waals surface area contributed by atoms with Crippen molar-refractivity contribution in [2.24, 2.45) is 5.41 Å². The second-order valence-corrected chi connectivity index (χ2v) is 7.14. The summed E-state index contributed by atoms with van der Waals surface area (Å²) in [5.41, 5.74) is 1.72. The molecule has 5 heteroatoms. The molecule has 0 bridgehead atoms. The van der Waals surface area contributed by atoms with Crippen LogP contribution in [0.5, 0.6) is 0 Å². The molecule has 0 saturated heterocycles. The van der Waals surface area contributed by atoms with Crippen LogP contribution in [0.3, 0.4) is 0 Å². The molecule has 1 aliphatic rings. The van der Waals surface area contributed by atoms with Crippen LogP contribution in [0.4, 0.5) is 5.69 Å². The van der Waals surface area contributed by atoms with E-state index in [1.165, 1.54) is 0 Å². The molecular formula is C20H21ClN2O2. The fraction of sp³-hybridized carbons (Fsp3) is 0.300. The van der Waals surface area contributed by atoms with E-state index in [0.29, 0.717) is 18.1 Å². The van der Waals surface area contributed by atoms with E-state index in [0.717, 1.165) is 23.2 Å². The van der Waals surface area contributed by atoms with E-state index < -0.39 is 5.41 Å². The molecule has 0 radical (unpaired) electrons. The van der Waals surface area contributed by atoms with Gasteiger partial charge in [0.25, 0.3) is 0 Å². The van der Waals surface area contributed by atoms with Gasteiger partial charge in [0.1, 0.15) is 5.41 Å². The number of nitrogens with one attached hydrogen (secondary N) is 1. The smallest absolute Gasteiger partial charge is 0.242 e. The van der Waals surface area contributed by atoms with Gasteiger partial charge < -0.3 is 10.2 Å². The van der Waals surface area contributed by atoms with Crippen molar-refractivity contribution in [2.75, 3.05) is 11.4 Å². The van der Waals surface area contributed by atoms with Crippen molar-refractivity contribution in [2.45, 2.75) is 26.8 Å². The lowest BCUT2D eigenvalue weighted by Gasteiger charge is -2.28. The summed E-state index contributed by atoms with van der Waals surface area (Å²) in [4.78, 5) is 27.4. The zero-order chi connectivity index (χ0) is 18.0. The van der Waals surface area contributed by atoms with E-state index in [4.69, 9.17) is 11.6 Å². The first kappa shape index (κ1) is 17.5. The molecule has 2 aromatic carbocycles. The Kier molecular flexibility index (Phi) is 4.82. The number of rotatable bonds is 4. The summed E-state index contributed by atoms with van der Waals surface area (Å²) >= 11 is 6.12. The number of benzene rings is 2. The predicted octanol–water partition coefficient (Wildman–Crippen LogP) is 3.57. The van der Waals surface area contributed by atoms with Crippen LogP contribution in [-0.2, 0) is 22.6 Å². The van der Waals surface area contributed by atoms with Gasteiger partial charge in [-0.05, 0) is 43.5 Å². The van der Waals surface area contributed by atoms with Gasteiger partial charge >= 0.3 is 0 Å². The van der Waals surface area contributed by atoms with Gasteiger partial charge in [0.15, 0.2) is 0 Å². The highest BCUT2D eigenvalue weighted by Crippen LogP contribution is 2.32. The van der Waals surface area contributed by atoms with Gasteiger partial charge in [0.05, 0.1) is 0 Å². The van der Waals surface area contributed by atoms with Gasteiger partial charge in [-0.1, -0.05) is 48.0 Å².